The maximum atomic E-state index is 13.9. The maximum absolute atomic E-state index is 13.9. The molecular formula is C27H44N4O7. The molecule has 0 aromatic carbocycles. The molecule has 3 rings (SSSR count). The summed E-state index contributed by atoms with van der Waals surface area (Å²) < 4.78 is 10.3. The molecule has 3 fully saturated rings. The van der Waals surface area contributed by atoms with E-state index in [9.17, 15) is 24.0 Å². The number of piperidine rings is 1. The fourth-order valence-electron chi connectivity index (χ4n) is 5.82. The van der Waals surface area contributed by atoms with E-state index >= 15 is 0 Å². The Labute approximate surface area is 225 Å². The first-order valence-electron chi connectivity index (χ1n) is 13.3. The van der Waals surface area contributed by atoms with Gasteiger partial charge in [0.05, 0.1) is 7.11 Å². The van der Waals surface area contributed by atoms with Gasteiger partial charge in [0.2, 0.25) is 17.7 Å². The highest BCUT2D eigenvalue weighted by atomic mass is 16.6. The maximum Gasteiger partial charge on any atom is 0.408 e. The molecule has 11 nitrogen and oxygen atoms in total. The van der Waals surface area contributed by atoms with Crippen molar-refractivity contribution in [1.29, 1.82) is 0 Å². The number of amides is 4. The number of rotatable bonds is 7. The summed E-state index contributed by atoms with van der Waals surface area (Å²) in [4.78, 5) is 66.4. The van der Waals surface area contributed by atoms with Gasteiger partial charge in [-0.2, -0.15) is 0 Å². The lowest BCUT2D eigenvalue weighted by Gasteiger charge is -2.38. The average molecular weight is 537 g/mol. The number of esters is 1. The van der Waals surface area contributed by atoms with Crippen molar-refractivity contribution in [2.24, 2.45) is 28.6 Å². The van der Waals surface area contributed by atoms with Gasteiger partial charge in [0.1, 0.15) is 23.7 Å². The first-order chi connectivity index (χ1) is 17.4. The molecule has 4 amide bonds. The molecule has 1 aliphatic carbocycles. The third kappa shape index (κ3) is 6.23. The minimum Gasteiger partial charge on any atom is -0.467 e. The second-order valence-corrected chi connectivity index (χ2v) is 13.4. The molecule has 11 heteroatoms. The van der Waals surface area contributed by atoms with Gasteiger partial charge in [0, 0.05) is 19.0 Å². The van der Waals surface area contributed by atoms with Crippen LogP contribution in [0, 0.1) is 28.6 Å². The molecule has 6 atom stereocenters. The Kier molecular flexibility index (Phi) is 8.11. The Morgan fingerprint density at radius 1 is 1.11 bits per heavy atom. The summed E-state index contributed by atoms with van der Waals surface area (Å²) in [5, 5.41) is 8.25. The highest BCUT2D eigenvalue weighted by molar-refractivity contribution is 5.95. The van der Waals surface area contributed by atoms with Crippen LogP contribution in [0.5, 0.6) is 0 Å². The number of hydrogen-bond donors (Lipinski definition) is 3. The lowest BCUT2D eigenvalue weighted by Crippen LogP contribution is -2.60. The van der Waals surface area contributed by atoms with Crippen molar-refractivity contribution in [2.75, 3.05) is 20.2 Å². The Morgan fingerprint density at radius 2 is 1.74 bits per heavy atom. The number of nitrogens with one attached hydrogen (secondary N) is 3. The van der Waals surface area contributed by atoms with Crippen LogP contribution in [0.4, 0.5) is 4.79 Å². The van der Waals surface area contributed by atoms with Crippen molar-refractivity contribution >= 4 is 29.8 Å². The topological polar surface area (TPSA) is 143 Å². The van der Waals surface area contributed by atoms with E-state index < -0.39 is 53.0 Å². The first-order valence-corrected chi connectivity index (χ1v) is 13.3. The first kappa shape index (κ1) is 29.7. The van der Waals surface area contributed by atoms with Crippen molar-refractivity contribution in [3.05, 3.63) is 0 Å². The molecule has 0 bridgehead atoms. The van der Waals surface area contributed by atoms with Gasteiger partial charge >= 0.3 is 12.1 Å². The van der Waals surface area contributed by atoms with E-state index in [1.165, 1.54) is 12.0 Å². The van der Waals surface area contributed by atoms with E-state index in [0.717, 1.165) is 0 Å². The van der Waals surface area contributed by atoms with E-state index in [2.05, 4.69) is 29.8 Å². The van der Waals surface area contributed by atoms with Crippen LogP contribution in [0.15, 0.2) is 0 Å². The van der Waals surface area contributed by atoms with Crippen LogP contribution < -0.4 is 16.0 Å². The van der Waals surface area contributed by atoms with Crippen LogP contribution in [0.1, 0.15) is 68.2 Å². The molecule has 214 valence electrons. The summed E-state index contributed by atoms with van der Waals surface area (Å²) in [6.07, 6.45) is -0.0258. The van der Waals surface area contributed by atoms with Crippen molar-refractivity contribution in [3.63, 3.8) is 0 Å². The number of carbonyl (C=O) groups excluding carboxylic acids is 5. The average Bonchev–Trinajstić information content (AvgIpc) is 3.14. The van der Waals surface area contributed by atoms with Crippen molar-refractivity contribution in [1.82, 2.24) is 20.9 Å². The number of hydrogen-bond acceptors (Lipinski definition) is 7. The number of methoxy groups -OCH3 is 1. The van der Waals surface area contributed by atoms with Crippen molar-refractivity contribution in [2.45, 2.75) is 92.0 Å². The molecule has 2 saturated heterocycles. The smallest absolute Gasteiger partial charge is 0.408 e. The number of nitrogens with zero attached hydrogens (tertiary/aromatic N) is 1. The number of ether oxygens (including phenoxy) is 2. The van der Waals surface area contributed by atoms with Crippen molar-refractivity contribution < 1.29 is 33.4 Å². The summed E-state index contributed by atoms with van der Waals surface area (Å²) in [6, 6.07) is -2.78. The van der Waals surface area contributed by atoms with E-state index in [0.29, 0.717) is 19.5 Å². The summed E-state index contributed by atoms with van der Waals surface area (Å²) >= 11 is 0. The van der Waals surface area contributed by atoms with Gasteiger partial charge in [0.25, 0.3) is 0 Å². The molecule has 3 N–H and O–H groups in total. The van der Waals surface area contributed by atoms with E-state index in [1.54, 1.807) is 20.8 Å². The zero-order valence-corrected chi connectivity index (χ0v) is 24.1. The molecule has 0 spiro atoms. The third-order valence-electron chi connectivity index (χ3n) is 8.02. The normalized spacial score (nSPS) is 27.5. The van der Waals surface area contributed by atoms with Crippen LogP contribution in [0.2, 0.25) is 0 Å². The van der Waals surface area contributed by atoms with Crippen molar-refractivity contribution in [3.8, 4) is 0 Å². The quantitative estimate of drug-likeness (QED) is 0.419. The third-order valence-corrected chi connectivity index (χ3v) is 8.02. The van der Waals surface area contributed by atoms with E-state index in [4.69, 9.17) is 9.47 Å². The van der Waals surface area contributed by atoms with Crippen LogP contribution >= 0.6 is 0 Å². The predicted octanol–water partition coefficient (Wildman–Crippen LogP) is 1.59. The molecule has 2 aliphatic heterocycles. The van der Waals surface area contributed by atoms with Gasteiger partial charge in [0.15, 0.2) is 0 Å². The lowest BCUT2D eigenvalue weighted by molar-refractivity contribution is -0.148. The number of fused-ring (bicyclic) bond motifs is 1. The number of alkyl carbamates (subject to hydrolysis) is 1. The molecule has 38 heavy (non-hydrogen) atoms. The SMILES string of the molecule is COC(=O)[C@H](C[C@@H]1CCNC1=O)NC(=O)[C@@H]1[C@@H]2[C@H](CN1C(=O)[C@@H](NC(=O)OC(C)(C)C)C(C)(C)C)C2(C)C. The fraction of sp³-hybridized carbons (Fsp3) is 0.815. The Balaban J connectivity index is 1.83. The molecule has 0 aromatic rings. The molecular weight excluding hydrogens is 492 g/mol. The minimum atomic E-state index is -1.02. The van der Waals surface area contributed by atoms with Crippen LogP contribution in [-0.4, -0.2) is 78.6 Å². The standard InChI is InChI=1S/C27H44N4O7/c1-25(2,3)19(30-24(36)38-26(4,5)6)22(34)31-13-15-17(27(15,7)8)18(31)21(33)29-16(23(35)37-9)12-14-10-11-28-20(14)32/h14-19H,10-13H2,1-9H3,(H,28,32)(H,29,33)(H,30,36)/t14-,15-,16-,17-,18-,19+/m0/s1. The van der Waals surface area contributed by atoms with Gasteiger partial charge in [-0.1, -0.05) is 34.6 Å². The van der Waals surface area contributed by atoms with Gasteiger partial charge in [-0.05, 0) is 56.3 Å². The monoisotopic (exact) mass is 536 g/mol. The molecule has 0 radical (unpaired) electrons. The second-order valence-electron chi connectivity index (χ2n) is 13.4. The Morgan fingerprint density at radius 3 is 2.24 bits per heavy atom. The van der Waals surface area contributed by atoms with Gasteiger partial charge < -0.3 is 30.3 Å². The highest BCUT2D eigenvalue weighted by Gasteiger charge is 2.70. The Hall–Kier alpha value is -2.85. The zero-order valence-electron chi connectivity index (χ0n) is 24.1. The lowest BCUT2D eigenvalue weighted by atomic mass is 9.85. The van der Waals surface area contributed by atoms with E-state index in [1.807, 2.05) is 20.8 Å². The minimum absolute atomic E-state index is 0.0957. The summed E-state index contributed by atoms with van der Waals surface area (Å²) in [7, 11) is 1.23. The summed E-state index contributed by atoms with van der Waals surface area (Å²) in [5.41, 5.74) is -1.56. The van der Waals surface area contributed by atoms with E-state index in [-0.39, 0.29) is 35.5 Å². The van der Waals surface area contributed by atoms with Crippen LogP contribution in [0.25, 0.3) is 0 Å². The summed E-state index contributed by atoms with van der Waals surface area (Å²) in [6.45, 7) is 15.7. The zero-order chi connectivity index (χ0) is 28.8. The predicted molar refractivity (Wildman–Crippen MR) is 139 cm³/mol. The second kappa shape index (κ2) is 10.4. The van der Waals surface area contributed by atoms with Gasteiger partial charge in [-0.3, -0.25) is 14.4 Å². The fourth-order valence-corrected chi connectivity index (χ4v) is 5.82. The molecule has 3 aliphatic rings. The highest BCUT2D eigenvalue weighted by Crippen LogP contribution is 2.65. The molecule has 1 saturated carbocycles. The number of carbonyl (C=O) groups is 5. The molecule has 2 heterocycles. The number of likely N-dealkylation sites (tertiary alicyclic amines) is 1. The van der Waals surface area contributed by atoms with Gasteiger partial charge in [-0.25, -0.2) is 9.59 Å². The summed E-state index contributed by atoms with van der Waals surface area (Å²) in [5.74, 6) is -2.03. The van der Waals surface area contributed by atoms with Crippen LogP contribution in [0.3, 0.4) is 0 Å². The molecule has 0 aromatic heterocycles. The Bertz CT molecular complexity index is 981. The molecule has 0 unspecified atom stereocenters. The van der Waals surface area contributed by atoms with Gasteiger partial charge in [-0.15, -0.1) is 0 Å². The van der Waals surface area contributed by atoms with Crippen LogP contribution in [-0.2, 0) is 28.7 Å². The largest absolute Gasteiger partial charge is 0.467 e.